The molecule has 1 aliphatic rings. The molecule has 2 amide bonds. The standard InChI is InChI=1S/C16H20N4O2S/c1-11-18-19-14(23-11)17-15(21)20-9-13(22-10-16(20,2)3)12-7-5-4-6-8-12/h4-8,13H,9-10H2,1-3H3,(H,17,19,21)/t13-/m1/s1. The summed E-state index contributed by atoms with van der Waals surface area (Å²) in [4.78, 5) is 14.5. The number of morpholine rings is 1. The second-order valence-corrected chi connectivity index (χ2v) is 7.37. The lowest BCUT2D eigenvalue weighted by Crippen LogP contribution is -2.57. The van der Waals surface area contributed by atoms with Crippen LogP contribution in [-0.4, -0.2) is 39.8 Å². The van der Waals surface area contributed by atoms with Gasteiger partial charge in [0.1, 0.15) is 11.1 Å². The van der Waals surface area contributed by atoms with E-state index in [4.69, 9.17) is 4.74 Å². The van der Waals surface area contributed by atoms with Gasteiger partial charge in [-0.1, -0.05) is 41.7 Å². The molecule has 1 fully saturated rings. The van der Waals surface area contributed by atoms with E-state index >= 15 is 0 Å². The molecule has 1 N–H and O–H groups in total. The molecular formula is C16H20N4O2S. The van der Waals surface area contributed by atoms with Crippen LogP contribution in [0.1, 0.15) is 30.5 Å². The van der Waals surface area contributed by atoms with E-state index in [1.54, 1.807) is 0 Å². The molecule has 3 rings (SSSR count). The molecule has 0 unspecified atom stereocenters. The Balaban J connectivity index is 1.76. The number of hydrogen-bond donors (Lipinski definition) is 1. The number of rotatable bonds is 2. The number of aromatic nitrogens is 2. The Morgan fingerprint density at radius 3 is 2.74 bits per heavy atom. The molecule has 1 aliphatic heterocycles. The number of ether oxygens (including phenoxy) is 1. The first-order valence-electron chi connectivity index (χ1n) is 7.51. The highest BCUT2D eigenvalue weighted by molar-refractivity contribution is 7.15. The smallest absolute Gasteiger partial charge is 0.324 e. The van der Waals surface area contributed by atoms with Gasteiger partial charge in [-0.05, 0) is 26.3 Å². The molecule has 23 heavy (non-hydrogen) atoms. The minimum atomic E-state index is -0.380. The van der Waals surface area contributed by atoms with Gasteiger partial charge in [0.25, 0.3) is 0 Å². The highest BCUT2D eigenvalue weighted by Gasteiger charge is 2.38. The zero-order chi connectivity index (χ0) is 16.4. The van der Waals surface area contributed by atoms with Crippen molar-refractivity contribution in [2.45, 2.75) is 32.4 Å². The van der Waals surface area contributed by atoms with Gasteiger partial charge < -0.3 is 9.64 Å². The normalized spacial score (nSPS) is 20.3. The lowest BCUT2D eigenvalue weighted by Gasteiger charge is -2.45. The van der Waals surface area contributed by atoms with Crippen molar-refractivity contribution in [1.82, 2.24) is 15.1 Å². The maximum atomic E-state index is 12.7. The first-order valence-corrected chi connectivity index (χ1v) is 8.33. The average Bonchev–Trinajstić information content (AvgIpc) is 2.93. The summed E-state index contributed by atoms with van der Waals surface area (Å²) in [6.45, 7) is 6.84. The first kappa shape index (κ1) is 15.9. The second kappa shape index (κ2) is 6.25. The highest BCUT2D eigenvalue weighted by atomic mass is 32.1. The molecule has 0 spiro atoms. The number of anilines is 1. The van der Waals surface area contributed by atoms with E-state index in [2.05, 4.69) is 15.5 Å². The number of hydrogen-bond acceptors (Lipinski definition) is 5. The van der Waals surface area contributed by atoms with Crippen LogP contribution in [0.2, 0.25) is 0 Å². The van der Waals surface area contributed by atoms with E-state index in [9.17, 15) is 4.79 Å². The SMILES string of the molecule is Cc1nnc(NC(=O)N2C[C@H](c3ccccc3)OCC2(C)C)s1. The Morgan fingerprint density at radius 2 is 2.09 bits per heavy atom. The minimum Gasteiger partial charge on any atom is -0.369 e. The highest BCUT2D eigenvalue weighted by Crippen LogP contribution is 2.31. The molecule has 0 radical (unpaired) electrons. The predicted molar refractivity (Wildman–Crippen MR) is 89.6 cm³/mol. The number of nitrogens with zero attached hydrogens (tertiary/aromatic N) is 3. The van der Waals surface area contributed by atoms with Gasteiger partial charge in [-0.25, -0.2) is 4.79 Å². The number of carbonyl (C=O) groups is 1. The van der Waals surface area contributed by atoms with Crippen molar-refractivity contribution < 1.29 is 9.53 Å². The zero-order valence-electron chi connectivity index (χ0n) is 13.4. The van der Waals surface area contributed by atoms with Crippen molar-refractivity contribution in [3.63, 3.8) is 0 Å². The summed E-state index contributed by atoms with van der Waals surface area (Å²) >= 11 is 1.37. The third-order valence-electron chi connectivity index (χ3n) is 3.87. The van der Waals surface area contributed by atoms with Crippen molar-refractivity contribution in [3.05, 3.63) is 40.9 Å². The summed E-state index contributed by atoms with van der Waals surface area (Å²) in [5, 5.41) is 12.1. The van der Waals surface area contributed by atoms with Gasteiger partial charge in [0, 0.05) is 0 Å². The Labute approximate surface area is 139 Å². The number of aryl methyl sites for hydroxylation is 1. The van der Waals surface area contributed by atoms with Crippen LogP contribution in [0.25, 0.3) is 0 Å². The van der Waals surface area contributed by atoms with Gasteiger partial charge >= 0.3 is 6.03 Å². The van der Waals surface area contributed by atoms with Gasteiger partial charge in [-0.2, -0.15) is 0 Å². The zero-order valence-corrected chi connectivity index (χ0v) is 14.3. The molecule has 122 valence electrons. The molecule has 1 aromatic heterocycles. The molecular weight excluding hydrogens is 312 g/mol. The molecule has 7 heteroatoms. The van der Waals surface area contributed by atoms with E-state index in [0.29, 0.717) is 18.3 Å². The van der Waals surface area contributed by atoms with Crippen LogP contribution in [0.5, 0.6) is 0 Å². The summed E-state index contributed by atoms with van der Waals surface area (Å²) in [5.41, 5.74) is 0.697. The van der Waals surface area contributed by atoms with Crippen LogP contribution in [0.4, 0.5) is 9.93 Å². The van der Waals surface area contributed by atoms with Crippen LogP contribution in [0, 0.1) is 6.92 Å². The van der Waals surface area contributed by atoms with Crippen LogP contribution >= 0.6 is 11.3 Å². The fourth-order valence-corrected chi connectivity index (χ4v) is 3.16. The third-order valence-corrected chi connectivity index (χ3v) is 4.63. The molecule has 2 heterocycles. The van der Waals surface area contributed by atoms with Gasteiger partial charge in [0.05, 0.1) is 18.7 Å². The van der Waals surface area contributed by atoms with E-state index in [1.165, 1.54) is 11.3 Å². The average molecular weight is 332 g/mol. The van der Waals surface area contributed by atoms with Crippen molar-refractivity contribution in [1.29, 1.82) is 0 Å². The van der Waals surface area contributed by atoms with Crippen molar-refractivity contribution in [3.8, 4) is 0 Å². The predicted octanol–water partition coefficient (Wildman–Crippen LogP) is 3.23. The summed E-state index contributed by atoms with van der Waals surface area (Å²) in [5.74, 6) is 0. The van der Waals surface area contributed by atoms with Gasteiger partial charge in [0.15, 0.2) is 0 Å². The molecule has 0 aliphatic carbocycles. The van der Waals surface area contributed by atoms with Crippen LogP contribution in [-0.2, 0) is 4.74 Å². The summed E-state index contributed by atoms with van der Waals surface area (Å²) in [6.07, 6.45) is -0.119. The Morgan fingerprint density at radius 1 is 1.35 bits per heavy atom. The van der Waals surface area contributed by atoms with Crippen molar-refractivity contribution >= 4 is 22.5 Å². The van der Waals surface area contributed by atoms with Crippen molar-refractivity contribution in [2.75, 3.05) is 18.5 Å². The summed E-state index contributed by atoms with van der Waals surface area (Å²) < 4.78 is 5.97. The van der Waals surface area contributed by atoms with E-state index < -0.39 is 0 Å². The van der Waals surface area contributed by atoms with E-state index in [0.717, 1.165) is 10.6 Å². The molecule has 0 bridgehead atoms. The molecule has 0 saturated carbocycles. The Kier molecular flexibility index (Phi) is 4.32. The van der Waals surface area contributed by atoms with Crippen molar-refractivity contribution in [2.24, 2.45) is 0 Å². The van der Waals surface area contributed by atoms with Gasteiger partial charge in [0.2, 0.25) is 5.13 Å². The minimum absolute atomic E-state index is 0.119. The number of carbonyl (C=O) groups excluding carboxylic acids is 1. The quantitative estimate of drug-likeness (QED) is 0.917. The molecule has 1 aromatic carbocycles. The lowest BCUT2D eigenvalue weighted by atomic mass is 9.98. The first-order chi connectivity index (χ1) is 11.0. The van der Waals surface area contributed by atoms with E-state index in [1.807, 2.05) is 56.0 Å². The third kappa shape index (κ3) is 3.51. The maximum Gasteiger partial charge on any atom is 0.324 e. The number of benzene rings is 1. The van der Waals surface area contributed by atoms with Crippen LogP contribution in [0.3, 0.4) is 0 Å². The van der Waals surface area contributed by atoms with E-state index in [-0.39, 0.29) is 17.7 Å². The maximum absolute atomic E-state index is 12.7. The molecule has 1 atom stereocenters. The van der Waals surface area contributed by atoms with Crippen LogP contribution < -0.4 is 5.32 Å². The molecule has 6 nitrogen and oxygen atoms in total. The fraction of sp³-hybridized carbons (Fsp3) is 0.438. The van der Waals surface area contributed by atoms with Gasteiger partial charge in [-0.3, -0.25) is 5.32 Å². The fourth-order valence-electron chi connectivity index (χ4n) is 2.58. The number of nitrogens with one attached hydrogen (secondary N) is 1. The summed E-state index contributed by atoms with van der Waals surface area (Å²) in [6, 6.07) is 9.80. The van der Waals surface area contributed by atoms with Crippen LogP contribution in [0.15, 0.2) is 30.3 Å². The second-order valence-electron chi connectivity index (χ2n) is 6.19. The molecule has 2 aromatic rings. The number of amides is 2. The molecule has 1 saturated heterocycles. The lowest BCUT2D eigenvalue weighted by molar-refractivity contribution is -0.0783. The Bertz CT molecular complexity index is 686. The van der Waals surface area contributed by atoms with Gasteiger partial charge in [-0.15, -0.1) is 10.2 Å². The largest absolute Gasteiger partial charge is 0.369 e. The topological polar surface area (TPSA) is 67.4 Å². The summed E-state index contributed by atoms with van der Waals surface area (Å²) in [7, 11) is 0. The number of urea groups is 1. The monoisotopic (exact) mass is 332 g/mol. The Hall–Kier alpha value is -1.99.